The topological polar surface area (TPSA) is 34.9 Å². The fraction of sp³-hybridized carbons (Fsp3) is 0.400. The largest absolute Gasteiger partial charge is 0.299 e. The molecule has 0 aliphatic carbocycles. The van der Waals surface area contributed by atoms with Crippen LogP contribution in [0.1, 0.15) is 51.5 Å². The Morgan fingerprint density at radius 1 is 1.17 bits per heavy atom. The van der Waals surface area contributed by atoms with Gasteiger partial charge < -0.3 is 0 Å². The normalized spacial score (nSPS) is 11.5. The van der Waals surface area contributed by atoms with Crippen molar-refractivity contribution in [3.63, 3.8) is 0 Å². The van der Waals surface area contributed by atoms with Crippen LogP contribution in [0.3, 0.4) is 0 Å². The lowest BCUT2D eigenvalue weighted by Gasteiger charge is -2.07. The molecule has 2 aromatic heterocycles. The summed E-state index contributed by atoms with van der Waals surface area (Å²) < 4.78 is 1.76. The van der Waals surface area contributed by atoms with Gasteiger partial charge in [-0.05, 0) is 23.5 Å². The van der Waals surface area contributed by atoms with Crippen LogP contribution in [-0.4, -0.2) is 9.55 Å². The molecule has 4 heteroatoms. The van der Waals surface area contributed by atoms with Gasteiger partial charge in [-0.2, -0.15) is 0 Å². The Morgan fingerprint density at radius 2 is 1.92 bits per heavy atom. The van der Waals surface area contributed by atoms with Gasteiger partial charge in [0.25, 0.3) is 5.56 Å². The summed E-state index contributed by atoms with van der Waals surface area (Å²) in [6.07, 6.45) is 5.00. The van der Waals surface area contributed by atoms with Gasteiger partial charge in [-0.15, -0.1) is 11.3 Å². The highest BCUT2D eigenvalue weighted by Crippen LogP contribution is 2.31. The van der Waals surface area contributed by atoms with Crippen molar-refractivity contribution in [1.82, 2.24) is 9.55 Å². The van der Waals surface area contributed by atoms with E-state index in [2.05, 4.69) is 55.4 Å². The molecule has 2 heterocycles. The van der Waals surface area contributed by atoms with Crippen molar-refractivity contribution in [3.05, 3.63) is 51.9 Å². The van der Waals surface area contributed by atoms with E-state index in [1.165, 1.54) is 5.56 Å². The molecule has 0 atom stereocenters. The molecule has 0 spiro atoms. The first-order valence-electron chi connectivity index (χ1n) is 8.68. The smallest absolute Gasteiger partial charge is 0.262 e. The van der Waals surface area contributed by atoms with E-state index in [9.17, 15) is 4.79 Å². The Morgan fingerprint density at radius 3 is 2.58 bits per heavy atom. The second-order valence-electron chi connectivity index (χ2n) is 6.56. The number of fused-ring (bicyclic) bond motifs is 1. The number of aromatic nitrogens is 2. The van der Waals surface area contributed by atoms with Gasteiger partial charge in [-0.3, -0.25) is 9.36 Å². The van der Waals surface area contributed by atoms with E-state index in [-0.39, 0.29) is 5.56 Å². The third kappa shape index (κ3) is 3.29. The number of rotatable bonds is 6. The van der Waals surface area contributed by atoms with Crippen LogP contribution < -0.4 is 5.56 Å². The summed E-state index contributed by atoms with van der Waals surface area (Å²) in [4.78, 5) is 18.2. The lowest BCUT2D eigenvalue weighted by Crippen LogP contribution is -2.20. The number of unbranched alkanes of at least 4 members (excludes halogenated alkanes) is 2. The standard InChI is InChI=1S/C20H24N2OS/c1-4-5-6-11-22-13-21-19-18(20(22)23)17(12-24-19)16-9-7-15(8-10-16)14(2)3/h7-10,12-14H,4-6,11H2,1-3H3. The van der Waals surface area contributed by atoms with Crippen LogP contribution in [0.4, 0.5) is 0 Å². The quantitative estimate of drug-likeness (QED) is 0.560. The summed E-state index contributed by atoms with van der Waals surface area (Å²) in [6, 6.07) is 8.54. The average molecular weight is 340 g/mol. The minimum absolute atomic E-state index is 0.0836. The molecular weight excluding hydrogens is 316 g/mol. The molecule has 3 rings (SSSR count). The van der Waals surface area contributed by atoms with Crippen molar-refractivity contribution >= 4 is 21.6 Å². The molecule has 0 N–H and O–H groups in total. The number of thiophene rings is 1. The van der Waals surface area contributed by atoms with Crippen LogP contribution >= 0.6 is 11.3 Å². The molecule has 1 aromatic carbocycles. The van der Waals surface area contributed by atoms with E-state index < -0.39 is 0 Å². The van der Waals surface area contributed by atoms with Crippen LogP contribution in [-0.2, 0) is 6.54 Å². The number of hydrogen-bond donors (Lipinski definition) is 0. The van der Waals surface area contributed by atoms with E-state index in [1.54, 1.807) is 22.2 Å². The Balaban J connectivity index is 2.02. The highest BCUT2D eigenvalue weighted by molar-refractivity contribution is 7.17. The number of nitrogens with zero attached hydrogens (tertiary/aromatic N) is 2. The van der Waals surface area contributed by atoms with Crippen molar-refractivity contribution in [2.45, 2.75) is 52.5 Å². The predicted octanol–water partition coefficient (Wildman–Crippen LogP) is 5.44. The second-order valence-corrected chi connectivity index (χ2v) is 7.41. The van der Waals surface area contributed by atoms with Crippen molar-refractivity contribution in [2.75, 3.05) is 0 Å². The summed E-state index contributed by atoms with van der Waals surface area (Å²) in [7, 11) is 0. The fourth-order valence-electron chi connectivity index (χ4n) is 2.92. The van der Waals surface area contributed by atoms with E-state index in [4.69, 9.17) is 0 Å². The maximum atomic E-state index is 12.9. The van der Waals surface area contributed by atoms with Gasteiger partial charge in [0.1, 0.15) is 4.83 Å². The highest BCUT2D eigenvalue weighted by atomic mass is 32.1. The number of hydrogen-bond acceptors (Lipinski definition) is 3. The first kappa shape index (κ1) is 16.9. The molecule has 0 amide bonds. The zero-order valence-electron chi connectivity index (χ0n) is 14.6. The van der Waals surface area contributed by atoms with Gasteiger partial charge in [0, 0.05) is 17.5 Å². The van der Waals surface area contributed by atoms with Crippen LogP contribution in [0.2, 0.25) is 0 Å². The Hall–Kier alpha value is -1.94. The third-order valence-corrected chi connectivity index (χ3v) is 5.34. The van der Waals surface area contributed by atoms with E-state index in [0.29, 0.717) is 5.92 Å². The van der Waals surface area contributed by atoms with Gasteiger partial charge in [0.2, 0.25) is 0 Å². The zero-order chi connectivity index (χ0) is 17.1. The summed E-state index contributed by atoms with van der Waals surface area (Å²) in [5, 5.41) is 2.82. The molecule has 3 nitrogen and oxygen atoms in total. The number of benzene rings is 1. The summed E-state index contributed by atoms with van der Waals surface area (Å²) in [5.74, 6) is 0.510. The van der Waals surface area contributed by atoms with Crippen molar-refractivity contribution < 1.29 is 0 Å². The Kier molecular flexibility index (Phi) is 5.14. The van der Waals surface area contributed by atoms with E-state index in [0.717, 1.165) is 47.2 Å². The van der Waals surface area contributed by atoms with E-state index >= 15 is 0 Å². The summed E-state index contributed by atoms with van der Waals surface area (Å²) in [5.41, 5.74) is 3.50. The third-order valence-electron chi connectivity index (χ3n) is 4.45. The molecule has 0 fully saturated rings. The van der Waals surface area contributed by atoms with Gasteiger partial charge in [-0.25, -0.2) is 4.98 Å². The van der Waals surface area contributed by atoms with Gasteiger partial charge in [0.05, 0.1) is 11.7 Å². The first-order valence-corrected chi connectivity index (χ1v) is 9.56. The van der Waals surface area contributed by atoms with Crippen LogP contribution in [0.15, 0.2) is 40.8 Å². The Bertz CT molecular complexity index is 875. The van der Waals surface area contributed by atoms with Crippen LogP contribution in [0.5, 0.6) is 0 Å². The first-order chi connectivity index (χ1) is 11.6. The van der Waals surface area contributed by atoms with Gasteiger partial charge >= 0.3 is 0 Å². The molecule has 0 saturated carbocycles. The van der Waals surface area contributed by atoms with Crippen molar-refractivity contribution in [1.29, 1.82) is 0 Å². The molecule has 24 heavy (non-hydrogen) atoms. The maximum absolute atomic E-state index is 12.9. The molecule has 0 radical (unpaired) electrons. The number of aryl methyl sites for hydroxylation is 1. The monoisotopic (exact) mass is 340 g/mol. The van der Waals surface area contributed by atoms with Crippen LogP contribution in [0, 0.1) is 0 Å². The minimum atomic E-state index is 0.0836. The molecular formula is C20H24N2OS. The van der Waals surface area contributed by atoms with E-state index in [1.807, 2.05) is 0 Å². The second kappa shape index (κ2) is 7.31. The predicted molar refractivity (Wildman–Crippen MR) is 103 cm³/mol. The lowest BCUT2D eigenvalue weighted by atomic mass is 9.99. The highest BCUT2D eigenvalue weighted by Gasteiger charge is 2.13. The molecule has 0 saturated heterocycles. The molecule has 126 valence electrons. The average Bonchev–Trinajstić information content (AvgIpc) is 3.02. The van der Waals surface area contributed by atoms with Crippen molar-refractivity contribution in [2.24, 2.45) is 0 Å². The van der Waals surface area contributed by atoms with Gasteiger partial charge in [0.15, 0.2) is 0 Å². The zero-order valence-corrected chi connectivity index (χ0v) is 15.4. The molecule has 3 aromatic rings. The van der Waals surface area contributed by atoms with Gasteiger partial charge in [-0.1, -0.05) is 57.9 Å². The Labute approximate surface area is 147 Å². The van der Waals surface area contributed by atoms with Crippen LogP contribution in [0.25, 0.3) is 21.3 Å². The summed E-state index contributed by atoms with van der Waals surface area (Å²) >= 11 is 1.55. The fourth-order valence-corrected chi connectivity index (χ4v) is 3.83. The summed E-state index contributed by atoms with van der Waals surface area (Å²) in [6.45, 7) is 7.29. The lowest BCUT2D eigenvalue weighted by molar-refractivity contribution is 0.584. The molecule has 0 unspecified atom stereocenters. The molecule has 0 bridgehead atoms. The molecule has 0 aliphatic heterocycles. The maximum Gasteiger partial charge on any atom is 0.262 e. The molecule has 0 aliphatic rings. The minimum Gasteiger partial charge on any atom is -0.299 e. The van der Waals surface area contributed by atoms with Crippen molar-refractivity contribution in [3.8, 4) is 11.1 Å². The SMILES string of the molecule is CCCCCn1cnc2scc(-c3ccc(C(C)C)cc3)c2c1=O.